The minimum Gasteiger partial charge on any atom is -0.296 e. The molecule has 1 aromatic carbocycles. The number of hydrogen-bond donors (Lipinski definition) is 0. The second-order valence-corrected chi connectivity index (χ2v) is 6.48. The predicted molar refractivity (Wildman–Crippen MR) is 77.4 cm³/mol. The van der Waals surface area contributed by atoms with Crippen molar-refractivity contribution in [3.8, 4) is 0 Å². The Labute approximate surface area is 117 Å². The van der Waals surface area contributed by atoms with E-state index in [0.717, 1.165) is 28.0 Å². The molecule has 1 nitrogen and oxygen atoms in total. The summed E-state index contributed by atoms with van der Waals surface area (Å²) in [5, 5.41) is 0.869. The first kappa shape index (κ1) is 13.4. The van der Waals surface area contributed by atoms with Crippen molar-refractivity contribution in [2.75, 3.05) is 6.54 Å². The molecule has 1 atom stereocenters. The maximum atomic E-state index is 6.28. The van der Waals surface area contributed by atoms with Crippen molar-refractivity contribution in [3.63, 3.8) is 0 Å². The van der Waals surface area contributed by atoms with Crippen LogP contribution in [-0.4, -0.2) is 17.5 Å². The highest BCUT2D eigenvalue weighted by molar-refractivity contribution is 9.10. The van der Waals surface area contributed by atoms with Gasteiger partial charge in [0.2, 0.25) is 0 Å². The standard InChI is InChI=1S/C14H19BrClN/c1-10(2)14-4-3-7-17(14)9-11-5-6-12(15)8-13(11)16/h5-6,8,10,14H,3-4,7,9H2,1-2H3. The zero-order chi connectivity index (χ0) is 12.4. The minimum atomic E-state index is 0.717. The maximum Gasteiger partial charge on any atom is 0.0462 e. The Kier molecular flexibility index (Phi) is 4.51. The highest BCUT2D eigenvalue weighted by Gasteiger charge is 2.27. The molecule has 3 heteroatoms. The third-order valence-electron chi connectivity index (χ3n) is 3.57. The van der Waals surface area contributed by atoms with Gasteiger partial charge in [0.05, 0.1) is 0 Å². The third kappa shape index (κ3) is 3.24. The largest absolute Gasteiger partial charge is 0.296 e. The molecular formula is C14H19BrClN. The van der Waals surface area contributed by atoms with Gasteiger partial charge in [-0.05, 0) is 43.0 Å². The molecule has 1 aliphatic rings. The van der Waals surface area contributed by atoms with Gasteiger partial charge >= 0.3 is 0 Å². The van der Waals surface area contributed by atoms with Gasteiger partial charge in [-0.3, -0.25) is 4.90 Å². The summed E-state index contributed by atoms with van der Waals surface area (Å²) in [6.45, 7) is 6.81. The summed E-state index contributed by atoms with van der Waals surface area (Å²) in [5.74, 6) is 0.728. The lowest BCUT2D eigenvalue weighted by Gasteiger charge is -2.27. The van der Waals surface area contributed by atoms with E-state index in [9.17, 15) is 0 Å². The Morgan fingerprint density at radius 1 is 1.47 bits per heavy atom. The summed E-state index contributed by atoms with van der Waals surface area (Å²) in [6.07, 6.45) is 2.64. The number of benzene rings is 1. The van der Waals surface area contributed by atoms with E-state index in [1.807, 2.05) is 6.07 Å². The molecule has 1 heterocycles. The van der Waals surface area contributed by atoms with Crippen LogP contribution in [0.4, 0.5) is 0 Å². The lowest BCUT2D eigenvalue weighted by molar-refractivity contribution is 0.199. The first-order valence-corrected chi connectivity index (χ1v) is 7.43. The van der Waals surface area contributed by atoms with E-state index in [2.05, 4.69) is 46.8 Å². The number of hydrogen-bond acceptors (Lipinski definition) is 1. The SMILES string of the molecule is CC(C)C1CCCN1Cc1ccc(Br)cc1Cl. The van der Waals surface area contributed by atoms with Crippen LogP contribution >= 0.6 is 27.5 Å². The molecule has 0 spiro atoms. The van der Waals surface area contributed by atoms with E-state index < -0.39 is 0 Å². The molecule has 1 unspecified atom stereocenters. The number of rotatable bonds is 3. The smallest absolute Gasteiger partial charge is 0.0462 e. The molecule has 2 rings (SSSR count). The normalized spacial score (nSPS) is 21.4. The van der Waals surface area contributed by atoms with Gasteiger partial charge in [-0.2, -0.15) is 0 Å². The summed E-state index contributed by atoms with van der Waals surface area (Å²) in [5.41, 5.74) is 1.24. The summed E-state index contributed by atoms with van der Waals surface area (Å²) >= 11 is 9.72. The van der Waals surface area contributed by atoms with E-state index >= 15 is 0 Å². The molecule has 0 aliphatic carbocycles. The molecule has 0 aromatic heterocycles. The van der Waals surface area contributed by atoms with Crippen molar-refractivity contribution in [2.45, 2.75) is 39.3 Å². The van der Waals surface area contributed by atoms with Crippen LogP contribution in [-0.2, 0) is 6.54 Å². The number of likely N-dealkylation sites (tertiary alicyclic amines) is 1. The Morgan fingerprint density at radius 3 is 2.88 bits per heavy atom. The Hall–Kier alpha value is -0.0500. The first-order valence-electron chi connectivity index (χ1n) is 6.26. The second kappa shape index (κ2) is 5.73. The van der Waals surface area contributed by atoms with E-state index in [1.54, 1.807) is 0 Å². The van der Waals surface area contributed by atoms with Gasteiger partial charge in [-0.1, -0.05) is 47.4 Å². The van der Waals surface area contributed by atoms with E-state index in [0.29, 0.717) is 0 Å². The number of nitrogens with zero attached hydrogens (tertiary/aromatic N) is 1. The summed E-state index contributed by atoms with van der Waals surface area (Å²) in [4.78, 5) is 2.57. The van der Waals surface area contributed by atoms with Gasteiger partial charge in [-0.15, -0.1) is 0 Å². The summed E-state index contributed by atoms with van der Waals surface area (Å²) in [6, 6.07) is 6.90. The first-order chi connectivity index (χ1) is 8.08. The lowest BCUT2D eigenvalue weighted by Crippen LogP contribution is -2.32. The van der Waals surface area contributed by atoms with Gasteiger partial charge in [0.15, 0.2) is 0 Å². The molecule has 0 bridgehead atoms. The van der Waals surface area contributed by atoms with Crippen LogP contribution < -0.4 is 0 Å². The average molecular weight is 317 g/mol. The number of halogens is 2. The molecule has 1 aromatic rings. The molecule has 1 saturated heterocycles. The maximum absolute atomic E-state index is 6.28. The predicted octanol–water partition coefficient (Wildman–Crippen LogP) is 4.72. The van der Waals surface area contributed by atoms with Gasteiger partial charge in [0, 0.05) is 22.1 Å². The quantitative estimate of drug-likeness (QED) is 0.779. The van der Waals surface area contributed by atoms with Crippen LogP contribution in [0.1, 0.15) is 32.3 Å². The van der Waals surface area contributed by atoms with Crippen molar-refractivity contribution in [1.29, 1.82) is 0 Å². The van der Waals surface area contributed by atoms with E-state index in [-0.39, 0.29) is 0 Å². The van der Waals surface area contributed by atoms with Crippen molar-refractivity contribution >= 4 is 27.5 Å². The molecule has 0 N–H and O–H groups in total. The fraction of sp³-hybridized carbons (Fsp3) is 0.571. The van der Waals surface area contributed by atoms with Gasteiger partial charge in [-0.25, -0.2) is 0 Å². The molecule has 1 fully saturated rings. The van der Waals surface area contributed by atoms with Crippen molar-refractivity contribution < 1.29 is 0 Å². The van der Waals surface area contributed by atoms with Gasteiger partial charge < -0.3 is 0 Å². The molecule has 0 amide bonds. The van der Waals surface area contributed by atoms with Crippen LogP contribution in [0.15, 0.2) is 22.7 Å². The lowest BCUT2D eigenvalue weighted by atomic mass is 10.0. The van der Waals surface area contributed by atoms with Gasteiger partial charge in [0.25, 0.3) is 0 Å². The average Bonchev–Trinajstić information content (AvgIpc) is 2.70. The van der Waals surface area contributed by atoms with Crippen molar-refractivity contribution in [3.05, 3.63) is 33.3 Å². The Bertz CT molecular complexity index is 392. The molecule has 94 valence electrons. The van der Waals surface area contributed by atoms with E-state index in [1.165, 1.54) is 24.9 Å². The molecular weight excluding hydrogens is 298 g/mol. The Balaban J connectivity index is 2.09. The van der Waals surface area contributed by atoms with Crippen molar-refractivity contribution in [1.82, 2.24) is 4.90 Å². The molecule has 0 radical (unpaired) electrons. The van der Waals surface area contributed by atoms with E-state index in [4.69, 9.17) is 11.6 Å². The fourth-order valence-electron chi connectivity index (χ4n) is 2.67. The van der Waals surface area contributed by atoms with Crippen LogP contribution in [0.3, 0.4) is 0 Å². The highest BCUT2D eigenvalue weighted by Crippen LogP contribution is 2.28. The van der Waals surface area contributed by atoms with Gasteiger partial charge in [0.1, 0.15) is 0 Å². The zero-order valence-electron chi connectivity index (χ0n) is 10.4. The van der Waals surface area contributed by atoms with Crippen LogP contribution in [0.25, 0.3) is 0 Å². The highest BCUT2D eigenvalue weighted by atomic mass is 79.9. The Morgan fingerprint density at radius 2 is 2.24 bits per heavy atom. The molecule has 0 saturated carbocycles. The molecule has 17 heavy (non-hydrogen) atoms. The van der Waals surface area contributed by atoms with Crippen LogP contribution in [0, 0.1) is 5.92 Å². The van der Waals surface area contributed by atoms with Crippen molar-refractivity contribution in [2.24, 2.45) is 5.92 Å². The topological polar surface area (TPSA) is 3.24 Å². The van der Waals surface area contributed by atoms with Crippen LogP contribution in [0.5, 0.6) is 0 Å². The minimum absolute atomic E-state index is 0.717. The monoisotopic (exact) mass is 315 g/mol. The summed E-state index contributed by atoms with van der Waals surface area (Å²) in [7, 11) is 0. The fourth-order valence-corrected chi connectivity index (χ4v) is 3.41. The van der Waals surface area contributed by atoms with Crippen LogP contribution in [0.2, 0.25) is 5.02 Å². The zero-order valence-corrected chi connectivity index (χ0v) is 12.8. The second-order valence-electron chi connectivity index (χ2n) is 5.16. The third-order valence-corrected chi connectivity index (χ3v) is 4.42. The molecule has 1 aliphatic heterocycles. The summed E-state index contributed by atoms with van der Waals surface area (Å²) < 4.78 is 1.05.